The second-order valence-corrected chi connectivity index (χ2v) is 10.1. The van der Waals surface area contributed by atoms with E-state index in [-0.39, 0.29) is 38.9 Å². The standard InChI is InChI=1S/C30H46O11/c1-7-13-27(14-8-2,37-17-11-5)30(41-26-25(35)24(34)23(33)21(19-31)39-26)29(16-10-4,38-18-12-6)28(36,15-9-3)22(20-32)40-30/h7-12,21-26,31-36H,1-6,13-20H2/t21-,22-,23-,24+,25-,26-,28-,29+,30+/m1/s1. The zero-order valence-corrected chi connectivity index (χ0v) is 23.6. The van der Waals surface area contributed by atoms with Crippen LogP contribution in [0.5, 0.6) is 0 Å². The van der Waals surface area contributed by atoms with Gasteiger partial charge in [-0.15, -0.1) is 39.5 Å². The Bertz CT molecular complexity index is 912. The fraction of sp³-hybridized carbons (Fsp3) is 0.600. The van der Waals surface area contributed by atoms with Crippen molar-refractivity contribution in [3.8, 4) is 0 Å². The van der Waals surface area contributed by atoms with E-state index >= 15 is 0 Å². The minimum Gasteiger partial charge on any atom is -0.394 e. The number of rotatable bonds is 19. The zero-order chi connectivity index (χ0) is 30.9. The van der Waals surface area contributed by atoms with Crippen molar-refractivity contribution in [1.82, 2.24) is 0 Å². The lowest BCUT2D eigenvalue weighted by Gasteiger charge is -2.57. The average Bonchev–Trinajstić information content (AvgIpc) is 3.16. The molecule has 2 saturated heterocycles. The summed E-state index contributed by atoms with van der Waals surface area (Å²) in [4.78, 5) is 0. The van der Waals surface area contributed by atoms with Crippen LogP contribution in [0.15, 0.2) is 75.9 Å². The van der Waals surface area contributed by atoms with E-state index in [1.54, 1.807) is 0 Å². The maximum absolute atomic E-state index is 12.5. The first-order valence-corrected chi connectivity index (χ1v) is 13.5. The Morgan fingerprint density at radius 3 is 1.85 bits per heavy atom. The Balaban J connectivity index is 3.06. The number of ether oxygens (including phenoxy) is 5. The van der Waals surface area contributed by atoms with Crippen molar-refractivity contribution < 1.29 is 54.3 Å². The van der Waals surface area contributed by atoms with E-state index < -0.39 is 72.6 Å². The Morgan fingerprint density at radius 2 is 1.37 bits per heavy atom. The highest BCUT2D eigenvalue weighted by Gasteiger charge is 2.81. The number of hydrogen-bond donors (Lipinski definition) is 6. The Hall–Kier alpha value is -2.00. The first kappa shape index (κ1) is 35.2. The minimum absolute atomic E-state index is 0.0110. The molecule has 11 nitrogen and oxygen atoms in total. The van der Waals surface area contributed by atoms with Crippen LogP contribution in [0.3, 0.4) is 0 Å². The number of aliphatic hydroxyl groups excluding tert-OH is 5. The average molecular weight is 583 g/mol. The van der Waals surface area contributed by atoms with Crippen LogP contribution >= 0.6 is 0 Å². The summed E-state index contributed by atoms with van der Waals surface area (Å²) < 4.78 is 31.7. The van der Waals surface area contributed by atoms with Crippen molar-refractivity contribution in [3.05, 3.63) is 75.9 Å². The quantitative estimate of drug-likeness (QED) is 0.119. The lowest BCUT2D eigenvalue weighted by atomic mass is 9.65. The molecule has 0 radical (unpaired) electrons. The molecule has 2 heterocycles. The predicted octanol–water partition coefficient (Wildman–Crippen LogP) is 0.809. The second-order valence-electron chi connectivity index (χ2n) is 10.1. The van der Waals surface area contributed by atoms with Crippen molar-refractivity contribution in [3.63, 3.8) is 0 Å². The molecule has 11 heteroatoms. The third-order valence-electron chi connectivity index (χ3n) is 7.73. The molecule has 232 valence electrons. The first-order valence-electron chi connectivity index (χ1n) is 13.5. The predicted molar refractivity (Wildman–Crippen MR) is 152 cm³/mol. The van der Waals surface area contributed by atoms with Crippen LogP contribution in [0.25, 0.3) is 0 Å². The van der Waals surface area contributed by atoms with E-state index in [0.29, 0.717) is 0 Å². The molecule has 0 amide bonds. The Labute approximate surface area is 242 Å². The van der Waals surface area contributed by atoms with Gasteiger partial charge in [-0.1, -0.05) is 36.5 Å². The topological polar surface area (TPSA) is 168 Å². The maximum atomic E-state index is 12.5. The van der Waals surface area contributed by atoms with Crippen LogP contribution in [0.2, 0.25) is 0 Å². The summed E-state index contributed by atoms with van der Waals surface area (Å²) in [6.07, 6.45) is -1.28. The van der Waals surface area contributed by atoms with Gasteiger partial charge in [-0.05, 0) is 19.3 Å². The molecular formula is C30H46O11. The Morgan fingerprint density at radius 1 is 0.756 bits per heavy atom. The molecule has 0 unspecified atom stereocenters. The summed E-state index contributed by atoms with van der Waals surface area (Å²) >= 11 is 0. The summed E-state index contributed by atoms with van der Waals surface area (Å²) in [5.41, 5.74) is -5.70. The SMILES string of the molecule is C=CCOC(CC=C)(CC=C)[C@@]1(O[C@H]2O[C@H](CO)[C@@H](O)[C@H](O)[C@H]2O)O[C@H](CO)[C@](O)(CC=C)[C@]1(CC=C)OCC=C. The molecule has 6 N–H and O–H groups in total. The fourth-order valence-corrected chi connectivity index (χ4v) is 5.92. The van der Waals surface area contributed by atoms with E-state index in [1.807, 2.05) is 0 Å². The molecule has 0 saturated carbocycles. The third kappa shape index (κ3) is 5.95. The molecule has 2 fully saturated rings. The highest BCUT2D eigenvalue weighted by Crippen LogP contribution is 2.61. The van der Waals surface area contributed by atoms with Crippen LogP contribution in [0.4, 0.5) is 0 Å². The van der Waals surface area contributed by atoms with Gasteiger partial charge in [0, 0.05) is 6.42 Å². The monoisotopic (exact) mass is 582 g/mol. The van der Waals surface area contributed by atoms with Crippen LogP contribution < -0.4 is 0 Å². The molecule has 2 rings (SSSR count). The molecule has 0 aromatic rings. The van der Waals surface area contributed by atoms with Crippen LogP contribution in [0.1, 0.15) is 25.7 Å². The molecule has 0 aromatic heterocycles. The smallest absolute Gasteiger partial charge is 0.234 e. The molecule has 2 aliphatic rings. The molecule has 9 atom stereocenters. The van der Waals surface area contributed by atoms with Gasteiger partial charge in [0.1, 0.15) is 41.7 Å². The van der Waals surface area contributed by atoms with Crippen molar-refractivity contribution >= 4 is 0 Å². The van der Waals surface area contributed by atoms with Gasteiger partial charge < -0.3 is 54.3 Å². The largest absolute Gasteiger partial charge is 0.394 e. The lowest BCUT2D eigenvalue weighted by molar-refractivity contribution is -0.436. The van der Waals surface area contributed by atoms with Crippen molar-refractivity contribution in [2.75, 3.05) is 26.4 Å². The number of hydrogen-bond acceptors (Lipinski definition) is 11. The highest BCUT2D eigenvalue weighted by atomic mass is 16.8. The van der Waals surface area contributed by atoms with Crippen molar-refractivity contribution in [2.45, 2.75) is 85.1 Å². The molecule has 0 aliphatic carbocycles. The molecule has 0 spiro atoms. The van der Waals surface area contributed by atoms with Crippen LogP contribution in [-0.4, -0.2) is 116 Å². The third-order valence-corrected chi connectivity index (χ3v) is 7.73. The molecule has 2 aliphatic heterocycles. The summed E-state index contributed by atoms with van der Waals surface area (Å²) in [6, 6.07) is 0. The van der Waals surface area contributed by atoms with Gasteiger partial charge in [0.05, 0.1) is 26.4 Å². The van der Waals surface area contributed by atoms with Gasteiger partial charge in [0.15, 0.2) is 11.9 Å². The van der Waals surface area contributed by atoms with Crippen molar-refractivity contribution in [1.29, 1.82) is 0 Å². The van der Waals surface area contributed by atoms with E-state index in [0.717, 1.165) is 0 Å². The van der Waals surface area contributed by atoms with E-state index in [1.165, 1.54) is 36.5 Å². The zero-order valence-electron chi connectivity index (χ0n) is 23.6. The van der Waals surface area contributed by atoms with Gasteiger partial charge in [0.2, 0.25) is 5.79 Å². The van der Waals surface area contributed by atoms with Crippen LogP contribution in [-0.2, 0) is 23.7 Å². The minimum atomic E-state index is -2.29. The molecule has 41 heavy (non-hydrogen) atoms. The van der Waals surface area contributed by atoms with Gasteiger partial charge >= 0.3 is 0 Å². The van der Waals surface area contributed by atoms with Crippen LogP contribution in [0, 0.1) is 0 Å². The van der Waals surface area contributed by atoms with Crippen molar-refractivity contribution in [2.24, 2.45) is 0 Å². The maximum Gasteiger partial charge on any atom is 0.234 e. The first-order chi connectivity index (χ1) is 19.5. The highest BCUT2D eigenvalue weighted by molar-refractivity contribution is 5.28. The van der Waals surface area contributed by atoms with E-state index in [2.05, 4.69) is 39.5 Å². The van der Waals surface area contributed by atoms with Gasteiger partial charge in [-0.2, -0.15) is 0 Å². The normalized spacial score (nSPS) is 37.3. The van der Waals surface area contributed by atoms with E-state index in [4.69, 9.17) is 23.7 Å². The second kappa shape index (κ2) is 14.9. The van der Waals surface area contributed by atoms with Gasteiger partial charge in [0.25, 0.3) is 0 Å². The summed E-state index contributed by atoms with van der Waals surface area (Å²) in [6.45, 7) is 21.2. The Kier molecular flexibility index (Phi) is 12.8. The van der Waals surface area contributed by atoms with Gasteiger partial charge in [-0.25, -0.2) is 0 Å². The molecule has 0 aromatic carbocycles. The lowest BCUT2D eigenvalue weighted by Crippen LogP contribution is -2.76. The fourth-order valence-electron chi connectivity index (χ4n) is 5.92. The summed E-state index contributed by atoms with van der Waals surface area (Å²) in [5, 5.41) is 64.9. The number of aliphatic hydroxyl groups is 6. The summed E-state index contributed by atoms with van der Waals surface area (Å²) in [5.74, 6) is -2.29. The van der Waals surface area contributed by atoms with E-state index in [9.17, 15) is 30.6 Å². The molecule has 0 bridgehead atoms. The van der Waals surface area contributed by atoms with Gasteiger partial charge in [-0.3, -0.25) is 0 Å². The molecular weight excluding hydrogens is 536 g/mol. The summed E-state index contributed by atoms with van der Waals surface area (Å²) in [7, 11) is 0.